The molecule has 0 aliphatic rings. The van der Waals surface area contributed by atoms with E-state index in [0.717, 1.165) is 18.6 Å². The molecule has 7 nitrogen and oxygen atoms in total. The molecule has 0 unspecified atom stereocenters. The predicted octanol–water partition coefficient (Wildman–Crippen LogP) is 2.74. The number of nitrogens with one attached hydrogen (secondary N) is 1. The van der Waals surface area contributed by atoms with Crippen LogP contribution in [0, 0.1) is 21.7 Å². The molecule has 0 bridgehead atoms. The number of halogens is 2. The van der Waals surface area contributed by atoms with Gasteiger partial charge in [0.25, 0.3) is 0 Å². The van der Waals surface area contributed by atoms with E-state index in [-0.39, 0.29) is 11.8 Å². The first-order chi connectivity index (χ1) is 9.54. The van der Waals surface area contributed by atoms with Gasteiger partial charge in [-0.3, -0.25) is 10.1 Å². The topological polar surface area (TPSA) is 94.1 Å². The minimum atomic E-state index is -1.34. The van der Waals surface area contributed by atoms with Crippen LogP contribution in [0.25, 0.3) is 11.4 Å². The van der Waals surface area contributed by atoms with Gasteiger partial charge in [-0.25, -0.2) is 4.39 Å². The standard InChI is InChI=1S/C11H10F2N4O3/c1-2-5-14-11-15-10(16-20-11)8-6(12)3-4-7(9(8)13)17(18)19/h3-4H,2,5H2,1H3,(H,14,15,16). The van der Waals surface area contributed by atoms with E-state index < -0.39 is 27.8 Å². The molecule has 0 fully saturated rings. The average Bonchev–Trinajstić information content (AvgIpc) is 2.84. The molecule has 2 rings (SSSR count). The highest BCUT2D eigenvalue weighted by Gasteiger charge is 2.25. The Morgan fingerprint density at radius 3 is 2.85 bits per heavy atom. The molecule has 20 heavy (non-hydrogen) atoms. The van der Waals surface area contributed by atoms with Crippen molar-refractivity contribution in [1.29, 1.82) is 0 Å². The first-order valence-electron chi connectivity index (χ1n) is 5.75. The Balaban J connectivity index is 2.44. The van der Waals surface area contributed by atoms with E-state index in [1.54, 1.807) is 0 Å². The fourth-order valence-corrected chi connectivity index (χ4v) is 1.52. The van der Waals surface area contributed by atoms with E-state index in [2.05, 4.69) is 15.5 Å². The van der Waals surface area contributed by atoms with E-state index in [9.17, 15) is 18.9 Å². The van der Waals surface area contributed by atoms with E-state index in [1.807, 2.05) is 6.92 Å². The van der Waals surface area contributed by atoms with E-state index in [1.165, 1.54) is 0 Å². The normalized spacial score (nSPS) is 10.6. The Morgan fingerprint density at radius 1 is 1.45 bits per heavy atom. The maximum absolute atomic E-state index is 13.9. The number of rotatable bonds is 5. The molecular formula is C11H10F2N4O3. The number of nitro groups is 1. The SMILES string of the molecule is CCCNc1nc(-c2c(F)ccc([N+](=O)[O-])c2F)no1. The Labute approximate surface area is 111 Å². The Morgan fingerprint density at radius 2 is 2.20 bits per heavy atom. The summed E-state index contributed by atoms with van der Waals surface area (Å²) < 4.78 is 32.3. The van der Waals surface area contributed by atoms with Crippen LogP contribution < -0.4 is 5.32 Å². The highest BCUT2D eigenvalue weighted by molar-refractivity contribution is 5.61. The maximum Gasteiger partial charge on any atom is 0.321 e. The highest BCUT2D eigenvalue weighted by atomic mass is 19.1. The summed E-state index contributed by atoms with van der Waals surface area (Å²) in [6.45, 7) is 2.45. The van der Waals surface area contributed by atoms with Gasteiger partial charge in [-0.05, 0) is 12.5 Å². The van der Waals surface area contributed by atoms with Crippen LogP contribution in [-0.2, 0) is 0 Å². The van der Waals surface area contributed by atoms with Gasteiger partial charge in [0.05, 0.1) is 4.92 Å². The molecule has 1 N–H and O–H groups in total. The van der Waals surface area contributed by atoms with Gasteiger partial charge < -0.3 is 9.84 Å². The average molecular weight is 284 g/mol. The monoisotopic (exact) mass is 284 g/mol. The molecule has 1 aromatic heterocycles. The largest absolute Gasteiger partial charge is 0.338 e. The van der Waals surface area contributed by atoms with Gasteiger partial charge in [0.15, 0.2) is 0 Å². The van der Waals surface area contributed by atoms with Crippen molar-refractivity contribution < 1.29 is 18.2 Å². The van der Waals surface area contributed by atoms with Crippen LogP contribution in [0.2, 0.25) is 0 Å². The quantitative estimate of drug-likeness (QED) is 0.670. The van der Waals surface area contributed by atoms with Crippen LogP contribution in [0.15, 0.2) is 16.7 Å². The summed E-state index contributed by atoms with van der Waals surface area (Å²) in [5.41, 5.74) is -1.54. The summed E-state index contributed by atoms with van der Waals surface area (Å²) in [7, 11) is 0. The van der Waals surface area contributed by atoms with Gasteiger partial charge in [0.2, 0.25) is 11.6 Å². The van der Waals surface area contributed by atoms with Crippen LogP contribution >= 0.6 is 0 Å². The van der Waals surface area contributed by atoms with Crippen molar-refractivity contribution in [2.45, 2.75) is 13.3 Å². The zero-order valence-corrected chi connectivity index (χ0v) is 10.4. The van der Waals surface area contributed by atoms with Gasteiger partial charge in [0.1, 0.15) is 11.4 Å². The summed E-state index contributed by atoms with van der Waals surface area (Å²) >= 11 is 0. The summed E-state index contributed by atoms with van der Waals surface area (Å²) in [6.07, 6.45) is 0.789. The van der Waals surface area contributed by atoms with Gasteiger partial charge in [0, 0.05) is 12.6 Å². The van der Waals surface area contributed by atoms with Crippen molar-refractivity contribution in [3.8, 4) is 11.4 Å². The lowest BCUT2D eigenvalue weighted by atomic mass is 10.1. The molecule has 0 aliphatic heterocycles. The molecule has 0 saturated heterocycles. The summed E-state index contributed by atoms with van der Waals surface area (Å²) in [4.78, 5) is 13.4. The van der Waals surface area contributed by atoms with E-state index in [0.29, 0.717) is 6.54 Å². The molecule has 0 spiro atoms. The Bertz CT molecular complexity index is 645. The van der Waals surface area contributed by atoms with Crippen LogP contribution in [0.3, 0.4) is 0 Å². The minimum Gasteiger partial charge on any atom is -0.338 e. The van der Waals surface area contributed by atoms with E-state index in [4.69, 9.17) is 4.52 Å². The second kappa shape index (κ2) is 5.59. The first-order valence-corrected chi connectivity index (χ1v) is 5.75. The molecular weight excluding hydrogens is 274 g/mol. The van der Waals surface area contributed by atoms with E-state index >= 15 is 0 Å². The number of nitrogens with zero attached hydrogens (tertiary/aromatic N) is 3. The van der Waals surface area contributed by atoms with Crippen molar-refractivity contribution >= 4 is 11.7 Å². The van der Waals surface area contributed by atoms with Gasteiger partial charge in [-0.15, -0.1) is 0 Å². The smallest absolute Gasteiger partial charge is 0.321 e. The summed E-state index contributed by atoms with van der Waals surface area (Å²) in [5, 5.41) is 16.8. The molecule has 0 amide bonds. The molecule has 1 aromatic carbocycles. The van der Waals surface area contributed by atoms with Crippen molar-refractivity contribution in [2.24, 2.45) is 0 Å². The maximum atomic E-state index is 13.9. The molecule has 9 heteroatoms. The lowest BCUT2D eigenvalue weighted by Crippen LogP contribution is -2.00. The van der Waals surface area contributed by atoms with Crippen LogP contribution in [0.4, 0.5) is 20.5 Å². The van der Waals surface area contributed by atoms with Crippen LogP contribution in [0.5, 0.6) is 0 Å². The molecule has 0 atom stereocenters. The van der Waals surface area contributed by atoms with Crippen LogP contribution in [0.1, 0.15) is 13.3 Å². The summed E-state index contributed by atoms with van der Waals surface area (Å²) in [6, 6.07) is 1.52. The van der Waals surface area contributed by atoms with Gasteiger partial charge in [-0.1, -0.05) is 12.1 Å². The third kappa shape index (κ3) is 2.56. The van der Waals surface area contributed by atoms with Crippen molar-refractivity contribution in [3.63, 3.8) is 0 Å². The molecule has 2 aromatic rings. The minimum absolute atomic E-state index is 0.00726. The van der Waals surface area contributed by atoms with Gasteiger partial charge in [-0.2, -0.15) is 9.37 Å². The Kier molecular flexibility index (Phi) is 3.87. The predicted molar refractivity (Wildman–Crippen MR) is 65.1 cm³/mol. The third-order valence-electron chi connectivity index (χ3n) is 2.44. The van der Waals surface area contributed by atoms with Crippen molar-refractivity contribution in [1.82, 2.24) is 10.1 Å². The fourth-order valence-electron chi connectivity index (χ4n) is 1.52. The second-order valence-electron chi connectivity index (χ2n) is 3.86. The number of hydrogen-bond donors (Lipinski definition) is 1. The highest BCUT2D eigenvalue weighted by Crippen LogP contribution is 2.30. The number of nitro benzene ring substituents is 1. The van der Waals surface area contributed by atoms with Crippen molar-refractivity contribution in [2.75, 3.05) is 11.9 Å². The zero-order valence-electron chi connectivity index (χ0n) is 10.4. The number of benzene rings is 1. The van der Waals surface area contributed by atoms with Gasteiger partial charge >= 0.3 is 11.7 Å². The molecule has 1 heterocycles. The molecule has 0 saturated carbocycles. The first kappa shape index (κ1) is 13.8. The molecule has 0 radical (unpaired) electrons. The molecule has 0 aliphatic carbocycles. The molecule has 106 valence electrons. The summed E-state index contributed by atoms with van der Waals surface area (Å²) in [5.74, 6) is -2.73. The number of aromatic nitrogens is 2. The second-order valence-corrected chi connectivity index (χ2v) is 3.86. The number of anilines is 1. The Hall–Kier alpha value is -2.58. The fraction of sp³-hybridized carbons (Fsp3) is 0.273. The lowest BCUT2D eigenvalue weighted by molar-refractivity contribution is -0.387. The third-order valence-corrected chi connectivity index (χ3v) is 2.44. The van der Waals surface area contributed by atoms with Crippen molar-refractivity contribution in [3.05, 3.63) is 33.9 Å². The zero-order chi connectivity index (χ0) is 14.7. The van der Waals surface area contributed by atoms with Crippen LogP contribution in [-0.4, -0.2) is 21.6 Å². The lowest BCUT2D eigenvalue weighted by Gasteiger charge is -2.00. The number of hydrogen-bond acceptors (Lipinski definition) is 6.